The van der Waals surface area contributed by atoms with Crippen LogP contribution >= 0.6 is 0 Å². The van der Waals surface area contributed by atoms with Gasteiger partial charge in [0, 0.05) is 18.8 Å². The molecule has 0 radical (unpaired) electrons. The smallest absolute Gasteiger partial charge is 0.243 e. The van der Waals surface area contributed by atoms with Gasteiger partial charge in [-0.2, -0.15) is 4.31 Å². The average Bonchev–Trinajstić information content (AvgIpc) is 2.70. The van der Waals surface area contributed by atoms with E-state index in [1.165, 1.54) is 16.4 Å². The largest absolute Gasteiger partial charge is 0.494 e. The number of carbonyl (C=O) groups excluding carboxylic acids is 1. The summed E-state index contributed by atoms with van der Waals surface area (Å²) in [6.45, 7) is 3.93. The second kappa shape index (κ2) is 9.18. The Morgan fingerprint density at radius 3 is 2.54 bits per heavy atom. The van der Waals surface area contributed by atoms with Gasteiger partial charge in [0.25, 0.3) is 0 Å². The van der Waals surface area contributed by atoms with Crippen molar-refractivity contribution in [2.75, 3.05) is 38.2 Å². The van der Waals surface area contributed by atoms with Crippen LogP contribution < -0.4 is 10.1 Å². The third-order valence-corrected chi connectivity index (χ3v) is 6.22. The van der Waals surface area contributed by atoms with Crippen molar-refractivity contribution in [3.63, 3.8) is 0 Å². The summed E-state index contributed by atoms with van der Waals surface area (Å²) in [7, 11) is -3.60. The summed E-state index contributed by atoms with van der Waals surface area (Å²) in [5.74, 6) is 0.540. The first-order valence-electron chi connectivity index (χ1n) is 9.18. The van der Waals surface area contributed by atoms with Gasteiger partial charge < -0.3 is 14.8 Å². The molecule has 2 aromatic carbocycles. The lowest BCUT2D eigenvalue weighted by molar-refractivity contribution is -0.115. The number of morpholine rings is 1. The molecule has 1 N–H and O–H groups in total. The van der Waals surface area contributed by atoms with Crippen molar-refractivity contribution in [1.82, 2.24) is 4.31 Å². The molecule has 0 atom stereocenters. The number of nitrogens with one attached hydrogen (secondary N) is 1. The Hall–Kier alpha value is -2.42. The van der Waals surface area contributed by atoms with Gasteiger partial charge in [0.15, 0.2) is 0 Å². The molecule has 1 saturated heterocycles. The van der Waals surface area contributed by atoms with E-state index in [4.69, 9.17) is 9.47 Å². The Bertz CT molecular complexity index is 906. The summed E-state index contributed by atoms with van der Waals surface area (Å²) < 4.78 is 37.5. The fourth-order valence-corrected chi connectivity index (χ4v) is 4.39. The van der Waals surface area contributed by atoms with E-state index in [0.717, 1.165) is 11.3 Å². The van der Waals surface area contributed by atoms with Crippen molar-refractivity contribution in [3.8, 4) is 5.75 Å². The summed E-state index contributed by atoms with van der Waals surface area (Å²) in [5.41, 5.74) is 1.29. The first kappa shape index (κ1) is 20.3. The molecule has 0 spiro atoms. The fourth-order valence-electron chi connectivity index (χ4n) is 2.93. The van der Waals surface area contributed by atoms with Crippen molar-refractivity contribution in [3.05, 3.63) is 54.1 Å². The van der Waals surface area contributed by atoms with Gasteiger partial charge in [0.2, 0.25) is 15.9 Å². The number of nitrogens with zero attached hydrogens (tertiary/aromatic N) is 1. The summed E-state index contributed by atoms with van der Waals surface area (Å²) in [4.78, 5) is 12.5. The van der Waals surface area contributed by atoms with Gasteiger partial charge in [-0.25, -0.2) is 8.42 Å². The lowest BCUT2D eigenvalue weighted by Gasteiger charge is -2.26. The maximum absolute atomic E-state index is 12.7. The second-order valence-corrected chi connectivity index (χ2v) is 8.28. The van der Waals surface area contributed by atoms with Gasteiger partial charge in [-0.1, -0.05) is 18.2 Å². The van der Waals surface area contributed by atoms with Crippen LogP contribution in [-0.2, 0) is 26.0 Å². The number of carbonyl (C=O) groups is 1. The molecule has 0 aliphatic carbocycles. The van der Waals surface area contributed by atoms with Crippen LogP contribution in [0, 0.1) is 0 Å². The minimum Gasteiger partial charge on any atom is -0.494 e. The highest BCUT2D eigenvalue weighted by molar-refractivity contribution is 7.89. The van der Waals surface area contributed by atoms with Gasteiger partial charge in [0.05, 0.1) is 31.1 Å². The van der Waals surface area contributed by atoms with Gasteiger partial charge in [-0.15, -0.1) is 0 Å². The van der Waals surface area contributed by atoms with E-state index in [-0.39, 0.29) is 17.2 Å². The molecule has 1 amide bonds. The Morgan fingerprint density at radius 2 is 1.86 bits per heavy atom. The van der Waals surface area contributed by atoms with E-state index in [1.807, 2.05) is 31.2 Å². The van der Waals surface area contributed by atoms with E-state index >= 15 is 0 Å². The number of benzene rings is 2. The second-order valence-electron chi connectivity index (χ2n) is 6.35. The maximum Gasteiger partial charge on any atom is 0.243 e. The third-order valence-electron chi connectivity index (χ3n) is 4.32. The van der Waals surface area contributed by atoms with Crippen molar-refractivity contribution in [1.29, 1.82) is 0 Å². The van der Waals surface area contributed by atoms with Gasteiger partial charge in [0.1, 0.15) is 5.75 Å². The van der Waals surface area contributed by atoms with E-state index in [0.29, 0.717) is 38.6 Å². The standard InChI is InChI=1S/C20H24N2O5S/c1-2-27-18-8-6-16(7-9-18)14-20(23)21-17-4-3-5-19(15-17)28(24,25)22-10-12-26-13-11-22/h3-9,15H,2,10-14H2,1H3,(H,21,23). The zero-order chi connectivity index (χ0) is 20.0. The van der Waals surface area contributed by atoms with E-state index in [2.05, 4.69) is 5.32 Å². The normalized spacial score (nSPS) is 15.2. The third kappa shape index (κ3) is 5.09. The van der Waals surface area contributed by atoms with Crippen LogP contribution in [0.2, 0.25) is 0 Å². The number of amides is 1. The van der Waals surface area contributed by atoms with Crippen LogP contribution in [0.5, 0.6) is 5.75 Å². The molecule has 1 aliphatic heterocycles. The van der Waals surface area contributed by atoms with Gasteiger partial charge in [-0.3, -0.25) is 4.79 Å². The van der Waals surface area contributed by atoms with Crippen LogP contribution in [0.3, 0.4) is 0 Å². The summed E-state index contributed by atoms with van der Waals surface area (Å²) >= 11 is 0. The molecule has 150 valence electrons. The molecule has 3 rings (SSSR count). The van der Waals surface area contributed by atoms with Crippen LogP contribution in [0.15, 0.2) is 53.4 Å². The molecule has 0 aromatic heterocycles. The lowest BCUT2D eigenvalue weighted by Crippen LogP contribution is -2.40. The van der Waals surface area contributed by atoms with Gasteiger partial charge >= 0.3 is 0 Å². The molecule has 2 aromatic rings. The van der Waals surface area contributed by atoms with Crippen LogP contribution in [0.1, 0.15) is 12.5 Å². The van der Waals surface area contributed by atoms with Crippen molar-refractivity contribution < 1.29 is 22.7 Å². The number of sulfonamides is 1. The van der Waals surface area contributed by atoms with Crippen LogP contribution in [-0.4, -0.2) is 51.5 Å². The molecule has 28 heavy (non-hydrogen) atoms. The van der Waals surface area contributed by atoms with E-state index < -0.39 is 10.0 Å². The average molecular weight is 404 g/mol. The number of hydrogen-bond acceptors (Lipinski definition) is 5. The predicted molar refractivity (Wildman–Crippen MR) is 106 cm³/mol. The zero-order valence-corrected chi connectivity index (χ0v) is 16.6. The molecule has 0 saturated carbocycles. The summed E-state index contributed by atoms with van der Waals surface area (Å²) in [6.07, 6.45) is 0.187. The molecule has 8 heteroatoms. The molecular weight excluding hydrogens is 380 g/mol. The zero-order valence-electron chi connectivity index (χ0n) is 15.8. The van der Waals surface area contributed by atoms with E-state index in [9.17, 15) is 13.2 Å². The van der Waals surface area contributed by atoms with E-state index in [1.54, 1.807) is 12.1 Å². The van der Waals surface area contributed by atoms with Crippen molar-refractivity contribution >= 4 is 21.6 Å². The lowest BCUT2D eigenvalue weighted by atomic mass is 10.1. The Kier molecular flexibility index (Phi) is 6.66. The Balaban J connectivity index is 1.66. The highest BCUT2D eigenvalue weighted by Gasteiger charge is 2.26. The summed E-state index contributed by atoms with van der Waals surface area (Å²) in [6, 6.07) is 13.6. The molecule has 1 heterocycles. The monoisotopic (exact) mass is 404 g/mol. The predicted octanol–water partition coefficient (Wildman–Crippen LogP) is 2.29. The number of anilines is 1. The fraction of sp³-hybridized carbons (Fsp3) is 0.350. The Labute approximate surface area is 165 Å². The van der Waals surface area contributed by atoms with Crippen molar-refractivity contribution in [2.45, 2.75) is 18.2 Å². The molecule has 1 aliphatic rings. The first-order chi connectivity index (χ1) is 13.5. The van der Waals surface area contributed by atoms with Gasteiger partial charge in [-0.05, 0) is 42.8 Å². The number of rotatable bonds is 7. The molecule has 0 unspecified atom stereocenters. The molecule has 7 nitrogen and oxygen atoms in total. The minimum atomic E-state index is -3.60. The number of hydrogen-bond donors (Lipinski definition) is 1. The highest BCUT2D eigenvalue weighted by atomic mass is 32.2. The SMILES string of the molecule is CCOc1ccc(CC(=O)Nc2cccc(S(=O)(=O)N3CCOCC3)c2)cc1. The highest BCUT2D eigenvalue weighted by Crippen LogP contribution is 2.21. The van der Waals surface area contributed by atoms with Crippen LogP contribution in [0.25, 0.3) is 0 Å². The maximum atomic E-state index is 12.7. The van der Waals surface area contributed by atoms with Crippen molar-refractivity contribution in [2.24, 2.45) is 0 Å². The molecule has 0 bridgehead atoms. The first-order valence-corrected chi connectivity index (χ1v) is 10.6. The summed E-state index contributed by atoms with van der Waals surface area (Å²) in [5, 5.41) is 2.77. The van der Waals surface area contributed by atoms with Crippen LogP contribution in [0.4, 0.5) is 5.69 Å². The minimum absolute atomic E-state index is 0.160. The molecule has 1 fully saturated rings. The number of ether oxygens (including phenoxy) is 2. The Morgan fingerprint density at radius 1 is 1.14 bits per heavy atom. The topological polar surface area (TPSA) is 84.9 Å². The molecular formula is C20H24N2O5S. The quantitative estimate of drug-likeness (QED) is 0.765.